The van der Waals surface area contributed by atoms with Gasteiger partial charge in [-0.05, 0) is 24.3 Å². The second kappa shape index (κ2) is 4.13. The van der Waals surface area contributed by atoms with Gasteiger partial charge in [-0.15, -0.1) is 5.10 Å². The molecule has 0 fully saturated rings. The van der Waals surface area contributed by atoms with Crippen molar-refractivity contribution in [2.24, 2.45) is 16.6 Å². The van der Waals surface area contributed by atoms with Crippen LogP contribution in [0.15, 0.2) is 29.4 Å². The van der Waals surface area contributed by atoms with Gasteiger partial charge in [0.15, 0.2) is 0 Å². The maximum absolute atomic E-state index is 11.3. The van der Waals surface area contributed by atoms with Gasteiger partial charge in [0.2, 0.25) is 5.96 Å². The van der Waals surface area contributed by atoms with Crippen molar-refractivity contribution >= 4 is 17.6 Å². The summed E-state index contributed by atoms with van der Waals surface area (Å²) in [5, 5.41) is 3.36. The molecule has 0 saturated carbocycles. The first-order valence-electron chi connectivity index (χ1n) is 3.84. The van der Waals surface area contributed by atoms with E-state index in [9.17, 15) is 4.79 Å². The largest absolute Gasteiger partial charge is 0.399 e. The van der Waals surface area contributed by atoms with E-state index in [-0.39, 0.29) is 5.96 Å². The lowest BCUT2D eigenvalue weighted by Gasteiger charge is -2.00. The van der Waals surface area contributed by atoms with Crippen molar-refractivity contribution in [2.75, 3.05) is 5.73 Å². The molecule has 74 valence electrons. The first kappa shape index (κ1) is 9.85. The van der Waals surface area contributed by atoms with E-state index in [2.05, 4.69) is 10.5 Å². The number of nitrogens with zero attached hydrogens (tertiary/aromatic N) is 1. The van der Waals surface area contributed by atoms with Crippen molar-refractivity contribution in [1.29, 1.82) is 0 Å². The fourth-order valence-electron chi connectivity index (χ4n) is 0.814. The van der Waals surface area contributed by atoms with Gasteiger partial charge in [0.25, 0.3) is 5.91 Å². The van der Waals surface area contributed by atoms with Crippen molar-refractivity contribution in [3.63, 3.8) is 0 Å². The molecule has 0 aromatic heterocycles. The summed E-state index contributed by atoms with van der Waals surface area (Å²) in [5.41, 5.74) is 18.7. The third-order valence-electron chi connectivity index (χ3n) is 1.46. The third kappa shape index (κ3) is 2.67. The van der Waals surface area contributed by atoms with E-state index in [1.165, 1.54) is 0 Å². The van der Waals surface area contributed by atoms with Crippen LogP contribution in [0.4, 0.5) is 5.69 Å². The van der Waals surface area contributed by atoms with E-state index in [0.29, 0.717) is 11.3 Å². The summed E-state index contributed by atoms with van der Waals surface area (Å²) in [6.45, 7) is 0. The molecule has 0 heterocycles. The Morgan fingerprint density at radius 3 is 2.29 bits per heavy atom. The number of benzene rings is 1. The summed E-state index contributed by atoms with van der Waals surface area (Å²) in [5.74, 6) is -0.591. The van der Waals surface area contributed by atoms with E-state index in [4.69, 9.17) is 17.2 Å². The minimum Gasteiger partial charge on any atom is -0.399 e. The zero-order valence-electron chi connectivity index (χ0n) is 7.40. The lowest BCUT2D eigenvalue weighted by atomic mass is 10.2. The minimum absolute atomic E-state index is 0.200. The summed E-state index contributed by atoms with van der Waals surface area (Å²) in [7, 11) is 0. The van der Waals surface area contributed by atoms with Crippen LogP contribution in [0.1, 0.15) is 10.4 Å². The maximum Gasteiger partial charge on any atom is 0.271 e. The number of anilines is 1. The molecule has 0 atom stereocenters. The van der Waals surface area contributed by atoms with Gasteiger partial charge in [-0.2, -0.15) is 0 Å². The molecule has 1 aromatic carbocycles. The van der Waals surface area contributed by atoms with Gasteiger partial charge in [0.1, 0.15) is 0 Å². The quantitative estimate of drug-likeness (QED) is 0.212. The molecule has 0 bridgehead atoms. The third-order valence-corrected chi connectivity index (χ3v) is 1.46. The second-order valence-corrected chi connectivity index (χ2v) is 2.60. The number of guanidine groups is 1. The molecule has 0 spiro atoms. The average Bonchev–Trinajstić information content (AvgIpc) is 2.15. The highest BCUT2D eigenvalue weighted by Crippen LogP contribution is 2.04. The summed E-state index contributed by atoms with van der Waals surface area (Å²) in [6, 6.07) is 6.38. The van der Waals surface area contributed by atoms with Crippen LogP contribution >= 0.6 is 0 Å². The van der Waals surface area contributed by atoms with Gasteiger partial charge >= 0.3 is 0 Å². The molecule has 0 aliphatic heterocycles. The molecule has 0 aliphatic rings. The van der Waals surface area contributed by atoms with E-state index >= 15 is 0 Å². The Kier molecular flexibility index (Phi) is 2.90. The van der Waals surface area contributed by atoms with Gasteiger partial charge < -0.3 is 17.2 Å². The maximum atomic E-state index is 11.3. The van der Waals surface area contributed by atoms with Crippen molar-refractivity contribution in [2.45, 2.75) is 0 Å². The summed E-state index contributed by atoms with van der Waals surface area (Å²) in [6.07, 6.45) is 0. The molecule has 0 saturated heterocycles. The highest BCUT2D eigenvalue weighted by Gasteiger charge is 2.02. The predicted molar refractivity (Wildman–Crippen MR) is 54.1 cm³/mol. The van der Waals surface area contributed by atoms with E-state index < -0.39 is 5.91 Å². The number of amides is 1. The van der Waals surface area contributed by atoms with Crippen LogP contribution in [0.3, 0.4) is 0 Å². The highest BCUT2D eigenvalue weighted by molar-refractivity contribution is 5.95. The molecule has 1 rings (SSSR count). The Hall–Kier alpha value is -2.24. The summed E-state index contributed by atoms with van der Waals surface area (Å²) >= 11 is 0. The zero-order chi connectivity index (χ0) is 10.6. The molecule has 1 aromatic rings. The Balaban J connectivity index is 2.70. The number of hydrogen-bond acceptors (Lipinski definition) is 3. The number of nitrogens with two attached hydrogens (primary N) is 3. The number of carbonyl (C=O) groups excluding carboxylic acids is 1. The SMILES string of the molecule is NC(N)=NNC(=O)c1ccc(N)cc1. The standard InChI is InChI=1S/C8H11N5O/c9-6-3-1-5(2-4-6)7(14)12-13-8(10)11/h1-4H,9H2,(H,12,14)(H4,10,11,13). The number of hydrogen-bond donors (Lipinski definition) is 4. The fourth-order valence-corrected chi connectivity index (χ4v) is 0.814. The lowest BCUT2D eigenvalue weighted by molar-refractivity contribution is 0.0954. The number of carbonyl (C=O) groups is 1. The smallest absolute Gasteiger partial charge is 0.271 e. The minimum atomic E-state index is -0.390. The Labute approximate surface area is 80.8 Å². The van der Waals surface area contributed by atoms with Gasteiger partial charge in [0.05, 0.1) is 0 Å². The van der Waals surface area contributed by atoms with E-state index in [1.54, 1.807) is 24.3 Å². The Bertz CT molecular complexity index is 352. The number of rotatable bonds is 2. The predicted octanol–water partition coefficient (Wildman–Crippen LogP) is -0.813. The monoisotopic (exact) mass is 193 g/mol. The summed E-state index contributed by atoms with van der Waals surface area (Å²) < 4.78 is 0. The van der Waals surface area contributed by atoms with Gasteiger partial charge in [-0.3, -0.25) is 4.79 Å². The van der Waals surface area contributed by atoms with Gasteiger partial charge in [-0.1, -0.05) is 0 Å². The molecule has 7 N–H and O–H groups in total. The van der Waals surface area contributed by atoms with Crippen molar-refractivity contribution in [1.82, 2.24) is 5.43 Å². The second-order valence-electron chi connectivity index (χ2n) is 2.60. The molecular formula is C8H11N5O. The average molecular weight is 193 g/mol. The number of nitrogens with one attached hydrogen (secondary N) is 1. The van der Waals surface area contributed by atoms with Crippen molar-refractivity contribution in [3.8, 4) is 0 Å². The molecule has 1 amide bonds. The van der Waals surface area contributed by atoms with Crippen LogP contribution < -0.4 is 22.6 Å². The van der Waals surface area contributed by atoms with E-state index in [0.717, 1.165) is 0 Å². The topological polar surface area (TPSA) is 120 Å². The number of nitrogen functional groups attached to an aromatic ring is 1. The van der Waals surface area contributed by atoms with Crippen LogP contribution in [0.25, 0.3) is 0 Å². The molecule has 0 aliphatic carbocycles. The molecule has 0 radical (unpaired) electrons. The summed E-state index contributed by atoms with van der Waals surface area (Å²) in [4.78, 5) is 11.3. The molecule has 6 nitrogen and oxygen atoms in total. The van der Waals surface area contributed by atoms with Crippen molar-refractivity contribution < 1.29 is 4.79 Å². The Morgan fingerprint density at radius 1 is 1.21 bits per heavy atom. The van der Waals surface area contributed by atoms with Gasteiger partial charge in [-0.25, -0.2) is 5.43 Å². The Morgan fingerprint density at radius 2 is 1.79 bits per heavy atom. The normalized spacial score (nSPS) is 9.14. The molecule has 6 heteroatoms. The highest BCUT2D eigenvalue weighted by atomic mass is 16.2. The zero-order valence-corrected chi connectivity index (χ0v) is 7.40. The van der Waals surface area contributed by atoms with Crippen LogP contribution in [0.5, 0.6) is 0 Å². The molecule has 0 unspecified atom stereocenters. The first-order chi connectivity index (χ1) is 6.59. The van der Waals surface area contributed by atoms with Crippen LogP contribution in [0, 0.1) is 0 Å². The number of hydrazone groups is 1. The van der Waals surface area contributed by atoms with E-state index in [1.807, 2.05) is 0 Å². The molecule has 14 heavy (non-hydrogen) atoms. The van der Waals surface area contributed by atoms with Crippen LogP contribution in [-0.4, -0.2) is 11.9 Å². The van der Waals surface area contributed by atoms with Gasteiger partial charge in [0, 0.05) is 11.3 Å². The fraction of sp³-hybridized carbons (Fsp3) is 0. The van der Waals surface area contributed by atoms with Crippen LogP contribution in [0.2, 0.25) is 0 Å². The van der Waals surface area contributed by atoms with Crippen molar-refractivity contribution in [3.05, 3.63) is 29.8 Å². The van der Waals surface area contributed by atoms with Crippen LogP contribution in [-0.2, 0) is 0 Å². The first-order valence-corrected chi connectivity index (χ1v) is 3.84. The lowest BCUT2D eigenvalue weighted by Crippen LogP contribution is -2.28. The molecular weight excluding hydrogens is 182 g/mol.